The topological polar surface area (TPSA) is 40.5 Å². The van der Waals surface area contributed by atoms with Crippen molar-refractivity contribution < 1.29 is 9.90 Å². The van der Waals surface area contributed by atoms with Crippen LogP contribution in [0.15, 0.2) is 0 Å². The summed E-state index contributed by atoms with van der Waals surface area (Å²) >= 11 is 0. The lowest BCUT2D eigenvalue weighted by Gasteiger charge is -2.47. The summed E-state index contributed by atoms with van der Waals surface area (Å²) in [7, 11) is 4.04. The van der Waals surface area contributed by atoms with Gasteiger partial charge in [0.1, 0.15) is 0 Å². The zero-order valence-corrected chi connectivity index (χ0v) is 12.6. The standard InChI is InChI=1S/C15H29NO2/c1-6-14(2,3)12-7-9-15(10-8-12,16(4)5)11-13(17)18/h12H,6-11H2,1-5H3,(H,17,18). The predicted molar refractivity (Wildman–Crippen MR) is 74.7 cm³/mol. The highest BCUT2D eigenvalue weighted by molar-refractivity contribution is 5.68. The lowest BCUT2D eigenvalue weighted by Crippen LogP contribution is -2.49. The number of carboxylic acid groups (broad SMARTS) is 1. The Morgan fingerprint density at radius 3 is 2.17 bits per heavy atom. The number of rotatable bonds is 5. The molecule has 0 aromatic rings. The normalized spacial score (nSPS) is 29.6. The average molecular weight is 255 g/mol. The van der Waals surface area contributed by atoms with Gasteiger partial charge in [-0.1, -0.05) is 27.2 Å². The fourth-order valence-corrected chi connectivity index (χ4v) is 3.29. The molecule has 0 unspecified atom stereocenters. The maximum atomic E-state index is 11.1. The molecule has 0 saturated heterocycles. The molecule has 18 heavy (non-hydrogen) atoms. The van der Waals surface area contributed by atoms with E-state index in [1.165, 1.54) is 6.42 Å². The summed E-state index contributed by atoms with van der Waals surface area (Å²) in [5.41, 5.74) is 0.272. The van der Waals surface area contributed by atoms with Crippen molar-refractivity contribution in [2.75, 3.05) is 14.1 Å². The van der Waals surface area contributed by atoms with Gasteiger partial charge in [-0.15, -0.1) is 0 Å². The lowest BCUT2D eigenvalue weighted by atomic mass is 9.64. The summed E-state index contributed by atoms with van der Waals surface area (Å²) in [6, 6.07) is 0. The zero-order valence-electron chi connectivity index (χ0n) is 12.6. The molecule has 0 heterocycles. The first-order valence-corrected chi connectivity index (χ1v) is 7.13. The van der Waals surface area contributed by atoms with Gasteiger partial charge in [-0.2, -0.15) is 0 Å². The fourth-order valence-electron chi connectivity index (χ4n) is 3.29. The van der Waals surface area contributed by atoms with Crippen LogP contribution in [0.4, 0.5) is 0 Å². The van der Waals surface area contributed by atoms with Crippen LogP contribution in [0, 0.1) is 11.3 Å². The van der Waals surface area contributed by atoms with Gasteiger partial charge >= 0.3 is 5.97 Å². The zero-order chi connectivity index (χ0) is 14.0. The van der Waals surface area contributed by atoms with Crippen LogP contribution in [0.5, 0.6) is 0 Å². The quantitative estimate of drug-likeness (QED) is 0.818. The van der Waals surface area contributed by atoms with E-state index in [-0.39, 0.29) is 12.0 Å². The minimum atomic E-state index is -0.670. The van der Waals surface area contributed by atoms with E-state index in [2.05, 4.69) is 25.7 Å². The van der Waals surface area contributed by atoms with E-state index in [0.29, 0.717) is 5.41 Å². The summed E-state index contributed by atoms with van der Waals surface area (Å²) in [5.74, 6) is 0.0706. The van der Waals surface area contributed by atoms with E-state index >= 15 is 0 Å². The minimum absolute atomic E-state index is 0.119. The first kappa shape index (κ1) is 15.5. The Morgan fingerprint density at radius 1 is 1.33 bits per heavy atom. The molecule has 1 aliphatic carbocycles. The molecule has 3 nitrogen and oxygen atoms in total. The predicted octanol–water partition coefficient (Wildman–Crippen LogP) is 3.39. The smallest absolute Gasteiger partial charge is 0.305 e. The molecular weight excluding hydrogens is 226 g/mol. The summed E-state index contributed by atoms with van der Waals surface area (Å²) in [5, 5.41) is 9.13. The van der Waals surface area contributed by atoms with Crippen LogP contribution in [0.25, 0.3) is 0 Å². The molecule has 106 valence electrons. The SMILES string of the molecule is CCC(C)(C)C1CCC(CC(=O)O)(N(C)C)CC1. The van der Waals surface area contributed by atoms with E-state index < -0.39 is 5.97 Å². The van der Waals surface area contributed by atoms with E-state index in [0.717, 1.165) is 31.6 Å². The van der Waals surface area contributed by atoms with Gasteiger partial charge < -0.3 is 10.0 Å². The van der Waals surface area contributed by atoms with Crippen molar-refractivity contribution in [1.29, 1.82) is 0 Å². The summed E-state index contributed by atoms with van der Waals surface area (Å²) < 4.78 is 0. The molecular formula is C15H29NO2. The van der Waals surface area contributed by atoms with Gasteiger partial charge in [-0.25, -0.2) is 0 Å². The van der Waals surface area contributed by atoms with Crippen LogP contribution in [-0.4, -0.2) is 35.6 Å². The van der Waals surface area contributed by atoms with Crippen molar-refractivity contribution in [3.63, 3.8) is 0 Å². The van der Waals surface area contributed by atoms with Gasteiger partial charge in [0.2, 0.25) is 0 Å². The third-order valence-electron chi connectivity index (χ3n) is 5.36. The molecule has 1 rings (SSSR count). The Morgan fingerprint density at radius 2 is 1.83 bits per heavy atom. The number of nitrogens with zero attached hydrogens (tertiary/aromatic N) is 1. The second kappa shape index (κ2) is 5.60. The maximum absolute atomic E-state index is 11.1. The largest absolute Gasteiger partial charge is 0.481 e. The number of hydrogen-bond acceptors (Lipinski definition) is 2. The monoisotopic (exact) mass is 255 g/mol. The molecule has 1 aliphatic rings. The van der Waals surface area contributed by atoms with Crippen molar-refractivity contribution in [3.8, 4) is 0 Å². The van der Waals surface area contributed by atoms with Crippen molar-refractivity contribution in [3.05, 3.63) is 0 Å². The Hall–Kier alpha value is -0.570. The third-order valence-corrected chi connectivity index (χ3v) is 5.36. The van der Waals surface area contributed by atoms with E-state index in [1.54, 1.807) is 0 Å². The molecule has 0 amide bonds. The van der Waals surface area contributed by atoms with Crippen LogP contribution in [0.2, 0.25) is 0 Å². The van der Waals surface area contributed by atoms with Gasteiger partial charge in [0.05, 0.1) is 6.42 Å². The summed E-state index contributed by atoms with van der Waals surface area (Å²) in [4.78, 5) is 13.2. The Bertz CT molecular complexity index is 289. The molecule has 1 fully saturated rings. The number of carbonyl (C=O) groups is 1. The second-order valence-corrected chi connectivity index (χ2v) is 6.81. The Labute approximate surface area is 112 Å². The number of hydrogen-bond donors (Lipinski definition) is 1. The molecule has 1 N–H and O–H groups in total. The van der Waals surface area contributed by atoms with Gasteiger partial charge in [0.15, 0.2) is 0 Å². The van der Waals surface area contributed by atoms with Crippen molar-refractivity contribution in [1.82, 2.24) is 4.90 Å². The van der Waals surface area contributed by atoms with Gasteiger partial charge in [-0.05, 0) is 51.1 Å². The van der Waals surface area contributed by atoms with Crippen LogP contribution >= 0.6 is 0 Å². The third kappa shape index (κ3) is 3.25. The summed E-state index contributed by atoms with van der Waals surface area (Å²) in [6.45, 7) is 6.94. The minimum Gasteiger partial charge on any atom is -0.481 e. The molecule has 0 radical (unpaired) electrons. The average Bonchev–Trinajstić information content (AvgIpc) is 2.28. The molecule has 0 aliphatic heterocycles. The van der Waals surface area contributed by atoms with Crippen LogP contribution in [0.1, 0.15) is 59.3 Å². The highest BCUT2D eigenvalue weighted by Gasteiger charge is 2.42. The first-order chi connectivity index (χ1) is 8.23. The van der Waals surface area contributed by atoms with Crippen molar-refractivity contribution in [2.24, 2.45) is 11.3 Å². The van der Waals surface area contributed by atoms with Gasteiger partial charge in [0.25, 0.3) is 0 Å². The highest BCUT2D eigenvalue weighted by atomic mass is 16.4. The highest BCUT2D eigenvalue weighted by Crippen LogP contribution is 2.45. The first-order valence-electron chi connectivity index (χ1n) is 7.13. The molecule has 3 heteroatoms. The van der Waals surface area contributed by atoms with Crippen molar-refractivity contribution >= 4 is 5.97 Å². The van der Waals surface area contributed by atoms with E-state index in [1.807, 2.05) is 14.1 Å². The fraction of sp³-hybridized carbons (Fsp3) is 0.933. The Kier molecular flexibility index (Phi) is 4.82. The lowest BCUT2D eigenvalue weighted by molar-refractivity contribution is -0.141. The summed E-state index contributed by atoms with van der Waals surface area (Å²) in [6.07, 6.45) is 5.82. The van der Waals surface area contributed by atoms with E-state index in [4.69, 9.17) is 5.11 Å². The Balaban J connectivity index is 2.72. The maximum Gasteiger partial charge on any atom is 0.305 e. The second-order valence-electron chi connectivity index (χ2n) is 6.81. The van der Waals surface area contributed by atoms with Gasteiger partial charge in [0, 0.05) is 5.54 Å². The van der Waals surface area contributed by atoms with Crippen molar-refractivity contribution in [2.45, 2.75) is 64.8 Å². The number of carboxylic acids is 1. The van der Waals surface area contributed by atoms with Crippen LogP contribution in [0.3, 0.4) is 0 Å². The molecule has 0 atom stereocenters. The van der Waals surface area contributed by atoms with Gasteiger partial charge in [-0.3, -0.25) is 4.79 Å². The molecule has 1 saturated carbocycles. The molecule has 0 aromatic carbocycles. The molecule has 0 bridgehead atoms. The molecule has 0 spiro atoms. The van der Waals surface area contributed by atoms with E-state index in [9.17, 15) is 4.79 Å². The van der Waals surface area contributed by atoms with Crippen LogP contribution < -0.4 is 0 Å². The number of aliphatic carboxylic acids is 1. The molecule has 0 aromatic heterocycles. The van der Waals surface area contributed by atoms with Crippen LogP contribution in [-0.2, 0) is 4.79 Å².